The van der Waals surface area contributed by atoms with Gasteiger partial charge >= 0.3 is 0 Å². The van der Waals surface area contributed by atoms with Gasteiger partial charge < -0.3 is 10.6 Å². The maximum Gasteiger partial charge on any atom is 0.232 e. The van der Waals surface area contributed by atoms with E-state index >= 15 is 0 Å². The molecule has 1 atom stereocenters. The first kappa shape index (κ1) is 18.8. The van der Waals surface area contributed by atoms with E-state index in [-0.39, 0.29) is 18.3 Å². The van der Waals surface area contributed by atoms with Crippen LogP contribution in [0.15, 0.2) is 21.5 Å². The third-order valence-corrected chi connectivity index (χ3v) is 5.78. The van der Waals surface area contributed by atoms with Crippen LogP contribution in [0.3, 0.4) is 0 Å². The maximum atomic E-state index is 12.2. The van der Waals surface area contributed by atoms with Crippen LogP contribution in [0, 0.1) is 19.8 Å². The second kappa shape index (κ2) is 8.42. The summed E-state index contributed by atoms with van der Waals surface area (Å²) in [6.45, 7) is 6.52. The number of nitrogens with zero attached hydrogens (tertiary/aromatic N) is 1. The first-order valence-electron chi connectivity index (χ1n) is 6.88. The molecule has 0 radical (unpaired) electrons. The van der Waals surface area contributed by atoms with Crippen molar-refractivity contribution in [2.45, 2.75) is 25.2 Å². The fourth-order valence-corrected chi connectivity index (χ4v) is 3.86. The molecule has 0 spiro atoms. The number of thioether (sulfide) groups is 1. The minimum atomic E-state index is 0. The van der Waals surface area contributed by atoms with Gasteiger partial charge in [0.15, 0.2) is 0 Å². The molecule has 21 heavy (non-hydrogen) atoms. The van der Waals surface area contributed by atoms with E-state index in [0.717, 1.165) is 24.0 Å². The highest BCUT2D eigenvalue weighted by atomic mass is 79.9. The average molecular weight is 394 g/mol. The predicted octanol–water partition coefficient (Wildman–Crippen LogP) is 3.39. The second-order valence-electron chi connectivity index (χ2n) is 5.39. The van der Waals surface area contributed by atoms with Crippen LogP contribution in [0.2, 0.25) is 0 Å². The molecule has 1 saturated heterocycles. The number of hydrogen-bond acceptors (Lipinski definition) is 3. The molecule has 0 saturated carbocycles. The van der Waals surface area contributed by atoms with Gasteiger partial charge in [0, 0.05) is 22.5 Å². The molecule has 118 valence electrons. The Bertz CT molecular complexity index is 513. The molecule has 2 rings (SSSR count). The van der Waals surface area contributed by atoms with Crippen molar-refractivity contribution in [3.8, 4) is 0 Å². The summed E-state index contributed by atoms with van der Waals surface area (Å²) in [5.41, 5.74) is 8.08. The second-order valence-corrected chi connectivity index (χ2v) is 7.26. The topological polar surface area (TPSA) is 46.3 Å². The lowest BCUT2D eigenvalue weighted by Crippen LogP contribution is -2.31. The Labute approximate surface area is 145 Å². The number of nitrogens with two attached hydrogens (primary N) is 1. The number of aryl methyl sites for hydroxylation is 2. The SMILES string of the molecule is Cc1cc(SCC(=O)N2CCC(CN)C2)c(C)cc1Br.Cl. The van der Waals surface area contributed by atoms with Crippen LogP contribution in [-0.4, -0.2) is 36.2 Å². The van der Waals surface area contributed by atoms with E-state index < -0.39 is 0 Å². The van der Waals surface area contributed by atoms with Crippen molar-refractivity contribution in [3.05, 3.63) is 27.7 Å². The van der Waals surface area contributed by atoms with Crippen molar-refractivity contribution in [2.24, 2.45) is 11.7 Å². The summed E-state index contributed by atoms with van der Waals surface area (Å²) >= 11 is 5.16. The van der Waals surface area contributed by atoms with Gasteiger partial charge in [0.1, 0.15) is 0 Å². The van der Waals surface area contributed by atoms with Crippen LogP contribution in [0.4, 0.5) is 0 Å². The van der Waals surface area contributed by atoms with E-state index in [4.69, 9.17) is 5.73 Å². The van der Waals surface area contributed by atoms with Gasteiger partial charge in [0.2, 0.25) is 5.91 Å². The highest BCUT2D eigenvalue weighted by Crippen LogP contribution is 2.29. The van der Waals surface area contributed by atoms with E-state index in [1.807, 2.05) is 4.90 Å². The molecular formula is C15H22BrClN2OS. The minimum absolute atomic E-state index is 0. The molecule has 1 heterocycles. The van der Waals surface area contributed by atoms with Crippen molar-refractivity contribution in [2.75, 3.05) is 25.4 Å². The normalized spacial score (nSPS) is 17.7. The first-order chi connectivity index (χ1) is 9.51. The predicted molar refractivity (Wildman–Crippen MR) is 95.3 cm³/mol. The number of halogens is 2. The summed E-state index contributed by atoms with van der Waals surface area (Å²) in [5.74, 6) is 1.23. The van der Waals surface area contributed by atoms with E-state index in [2.05, 4.69) is 41.9 Å². The Morgan fingerprint density at radius 2 is 2.14 bits per heavy atom. The van der Waals surface area contributed by atoms with Gasteiger partial charge in [0.25, 0.3) is 0 Å². The Hall–Kier alpha value is -0.230. The number of amides is 1. The molecule has 1 aliphatic heterocycles. The minimum Gasteiger partial charge on any atom is -0.342 e. The van der Waals surface area contributed by atoms with Crippen LogP contribution in [-0.2, 0) is 4.79 Å². The molecule has 1 aromatic carbocycles. The highest BCUT2D eigenvalue weighted by Gasteiger charge is 2.25. The molecule has 1 aromatic rings. The third-order valence-electron chi connectivity index (χ3n) is 3.78. The fraction of sp³-hybridized carbons (Fsp3) is 0.533. The van der Waals surface area contributed by atoms with Crippen LogP contribution >= 0.6 is 40.1 Å². The van der Waals surface area contributed by atoms with Crippen LogP contribution in [0.25, 0.3) is 0 Å². The zero-order valence-electron chi connectivity index (χ0n) is 12.4. The molecule has 0 aromatic heterocycles. The Morgan fingerprint density at radius 3 is 2.76 bits per heavy atom. The summed E-state index contributed by atoms with van der Waals surface area (Å²) in [7, 11) is 0. The number of rotatable bonds is 4. The van der Waals surface area contributed by atoms with Crippen LogP contribution in [0.5, 0.6) is 0 Å². The summed E-state index contributed by atoms with van der Waals surface area (Å²) in [5, 5.41) is 0. The molecule has 1 amide bonds. The van der Waals surface area contributed by atoms with Crippen molar-refractivity contribution in [1.29, 1.82) is 0 Å². The number of benzene rings is 1. The summed E-state index contributed by atoms with van der Waals surface area (Å²) in [4.78, 5) is 15.3. The first-order valence-corrected chi connectivity index (χ1v) is 8.66. The lowest BCUT2D eigenvalue weighted by molar-refractivity contribution is -0.127. The monoisotopic (exact) mass is 392 g/mol. The smallest absolute Gasteiger partial charge is 0.232 e. The van der Waals surface area contributed by atoms with Crippen LogP contribution < -0.4 is 5.73 Å². The quantitative estimate of drug-likeness (QED) is 0.798. The molecule has 0 aliphatic carbocycles. The van der Waals surface area contributed by atoms with Crippen molar-refractivity contribution >= 4 is 46.0 Å². The van der Waals surface area contributed by atoms with Crippen molar-refractivity contribution in [3.63, 3.8) is 0 Å². The van der Waals surface area contributed by atoms with E-state index in [1.54, 1.807) is 11.8 Å². The summed E-state index contributed by atoms with van der Waals surface area (Å²) in [6.07, 6.45) is 1.04. The molecule has 1 fully saturated rings. The zero-order valence-corrected chi connectivity index (χ0v) is 15.6. The lowest BCUT2D eigenvalue weighted by Gasteiger charge is -2.16. The highest BCUT2D eigenvalue weighted by molar-refractivity contribution is 9.10. The van der Waals surface area contributed by atoms with Gasteiger partial charge in [-0.2, -0.15) is 0 Å². The van der Waals surface area contributed by atoms with Gasteiger partial charge in [-0.05, 0) is 56.0 Å². The number of carbonyl (C=O) groups excluding carboxylic acids is 1. The third kappa shape index (κ3) is 4.88. The molecule has 3 nitrogen and oxygen atoms in total. The average Bonchev–Trinajstić information content (AvgIpc) is 2.90. The van der Waals surface area contributed by atoms with Gasteiger partial charge in [-0.3, -0.25) is 4.79 Å². The Balaban J connectivity index is 0.00000220. The van der Waals surface area contributed by atoms with Gasteiger partial charge in [-0.1, -0.05) is 15.9 Å². The number of carbonyl (C=O) groups is 1. The molecule has 1 unspecified atom stereocenters. The maximum absolute atomic E-state index is 12.2. The molecule has 0 bridgehead atoms. The summed E-state index contributed by atoms with van der Waals surface area (Å²) < 4.78 is 1.12. The number of hydrogen-bond donors (Lipinski definition) is 1. The van der Waals surface area contributed by atoms with E-state index in [0.29, 0.717) is 18.2 Å². The largest absolute Gasteiger partial charge is 0.342 e. The van der Waals surface area contributed by atoms with Crippen molar-refractivity contribution in [1.82, 2.24) is 4.90 Å². The Kier molecular flexibility index (Phi) is 7.54. The fourth-order valence-electron chi connectivity index (χ4n) is 2.39. The Morgan fingerprint density at radius 1 is 1.43 bits per heavy atom. The van der Waals surface area contributed by atoms with E-state index in [9.17, 15) is 4.79 Å². The lowest BCUT2D eigenvalue weighted by atomic mass is 10.1. The molecule has 6 heteroatoms. The standard InChI is InChI=1S/C15H21BrN2OS.ClH/c1-10-6-14(11(2)5-13(10)16)20-9-15(19)18-4-3-12(7-17)8-18;/h5-6,12H,3-4,7-9,17H2,1-2H3;1H. The van der Waals surface area contributed by atoms with Crippen molar-refractivity contribution < 1.29 is 4.79 Å². The van der Waals surface area contributed by atoms with Gasteiger partial charge in [-0.25, -0.2) is 0 Å². The molecular weight excluding hydrogens is 372 g/mol. The number of likely N-dealkylation sites (tertiary alicyclic amines) is 1. The van der Waals surface area contributed by atoms with Gasteiger partial charge in [0.05, 0.1) is 5.75 Å². The zero-order chi connectivity index (χ0) is 14.7. The van der Waals surface area contributed by atoms with Crippen LogP contribution in [0.1, 0.15) is 17.5 Å². The molecule has 2 N–H and O–H groups in total. The summed E-state index contributed by atoms with van der Waals surface area (Å²) in [6, 6.07) is 4.26. The molecule has 1 aliphatic rings. The van der Waals surface area contributed by atoms with E-state index in [1.165, 1.54) is 16.0 Å². The van der Waals surface area contributed by atoms with Gasteiger partial charge in [-0.15, -0.1) is 24.2 Å².